The highest BCUT2D eigenvalue weighted by Crippen LogP contribution is 2.26. The molecule has 4 rings (SSSR count). The van der Waals surface area contributed by atoms with Gasteiger partial charge in [0.05, 0.1) is 32.2 Å². The number of hydrogen-bond acceptors (Lipinski definition) is 9. The van der Waals surface area contributed by atoms with Gasteiger partial charge in [0.25, 0.3) is 5.95 Å². The van der Waals surface area contributed by atoms with Crippen LogP contribution in [0.2, 0.25) is 10.0 Å². The molecule has 0 unspecified atom stereocenters. The Kier molecular flexibility index (Phi) is 6.56. The summed E-state index contributed by atoms with van der Waals surface area (Å²) >= 11 is 14.6. The monoisotopic (exact) mass is 492 g/mol. The number of thioether (sulfide) groups is 1. The molecule has 2 heterocycles. The van der Waals surface area contributed by atoms with Gasteiger partial charge in [-0.3, -0.25) is 4.79 Å². The molecule has 0 atom stereocenters. The number of anilines is 2. The Hall–Kier alpha value is -2.86. The fraction of sp³-hybridized carbons (Fsp3) is 0.0556. The van der Waals surface area contributed by atoms with Crippen LogP contribution in [0.3, 0.4) is 0 Å². The van der Waals surface area contributed by atoms with Gasteiger partial charge in [0.1, 0.15) is 0 Å². The zero-order valence-electron chi connectivity index (χ0n) is 15.6. The number of thiazole rings is 1. The summed E-state index contributed by atoms with van der Waals surface area (Å²) in [7, 11) is 0. The number of hydrazone groups is 1. The summed E-state index contributed by atoms with van der Waals surface area (Å²) in [4.78, 5) is 16.6. The second kappa shape index (κ2) is 9.52. The van der Waals surface area contributed by atoms with Gasteiger partial charge in [-0.15, -0.1) is 10.2 Å². The van der Waals surface area contributed by atoms with Crippen molar-refractivity contribution in [2.45, 2.75) is 5.16 Å². The van der Waals surface area contributed by atoms with Crippen LogP contribution >= 0.6 is 46.3 Å². The number of nitrogen functional groups attached to an aromatic ring is 1. The van der Waals surface area contributed by atoms with Crippen molar-refractivity contribution in [3.8, 4) is 0 Å². The van der Waals surface area contributed by atoms with E-state index in [1.165, 1.54) is 22.2 Å². The summed E-state index contributed by atoms with van der Waals surface area (Å²) in [5.74, 6) is 6.03. The molecule has 13 heteroatoms. The van der Waals surface area contributed by atoms with Gasteiger partial charge >= 0.3 is 0 Å². The number of benzene rings is 2. The molecule has 0 radical (unpaired) electrons. The van der Waals surface area contributed by atoms with E-state index in [9.17, 15) is 4.79 Å². The molecule has 0 aliphatic heterocycles. The molecule has 4 N–H and O–H groups in total. The van der Waals surface area contributed by atoms with Crippen LogP contribution in [-0.2, 0) is 4.79 Å². The molecule has 0 bridgehead atoms. The molecule has 2 aromatic carbocycles. The lowest BCUT2D eigenvalue weighted by Gasteiger charge is -2.03. The van der Waals surface area contributed by atoms with Crippen LogP contribution in [0.15, 0.2) is 52.7 Å². The van der Waals surface area contributed by atoms with Gasteiger partial charge in [0.15, 0.2) is 5.13 Å². The van der Waals surface area contributed by atoms with Crippen LogP contribution in [0.4, 0.5) is 11.1 Å². The van der Waals surface area contributed by atoms with E-state index in [1.54, 1.807) is 18.2 Å². The number of para-hydroxylation sites is 1. The topological polar surface area (TPSA) is 123 Å². The highest BCUT2D eigenvalue weighted by atomic mass is 35.5. The molecule has 0 saturated carbocycles. The van der Waals surface area contributed by atoms with Crippen molar-refractivity contribution < 1.29 is 4.79 Å². The SMILES string of the molecule is Nn1c(N/N=C/c2cccc(Cl)c2Cl)nnc1SCC(=O)Nc1nc2ccccc2s1. The molecule has 1 amide bonds. The lowest BCUT2D eigenvalue weighted by molar-refractivity contribution is -0.113. The van der Waals surface area contributed by atoms with Crippen molar-refractivity contribution in [3.63, 3.8) is 0 Å². The normalized spacial score (nSPS) is 11.3. The number of aromatic nitrogens is 4. The van der Waals surface area contributed by atoms with E-state index in [0.717, 1.165) is 22.0 Å². The molecular weight excluding hydrogens is 479 g/mol. The van der Waals surface area contributed by atoms with E-state index in [1.807, 2.05) is 24.3 Å². The van der Waals surface area contributed by atoms with E-state index in [-0.39, 0.29) is 17.6 Å². The lowest BCUT2D eigenvalue weighted by atomic mass is 10.2. The summed E-state index contributed by atoms with van der Waals surface area (Å²) in [6, 6.07) is 12.9. The highest BCUT2D eigenvalue weighted by molar-refractivity contribution is 7.99. The van der Waals surface area contributed by atoms with Crippen molar-refractivity contribution in [2.24, 2.45) is 5.10 Å². The first-order valence-corrected chi connectivity index (χ1v) is 11.3. The number of halogens is 2. The third-order valence-corrected chi connectivity index (χ3v) is 6.62. The molecule has 0 aliphatic rings. The number of rotatable bonds is 7. The quantitative estimate of drug-likeness (QED) is 0.153. The van der Waals surface area contributed by atoms with Crippen molar-refractivity contribution in [3.05, 3.63) is 58.1 Å². The predicted molar refractivity (Wildman–Crippen MR) is 127 cm³/mol. The molecule has 158 valence electrons. The average Bonchev–Trinajstić information content (AvgIpc) is 3.32. The summed E-state index contributed by atoms with van der Waals surface area (Å²) in [6.45, 7) is 0. The lowest BCUT2D eigenvalue weighted by Crippen LogP contribution is -2.16. The fourth-order valence-electron chi connectivity index (χ4n) is 2.44. The first kappa shape index (κ1) is 21.4. The number of amides is 1. The Balaban J connectivity index is 1.33. The van der Waals surface area contributed by atoms with E-state index in [4.69, 9.17) is 29.0 Å². The van der Waals surface area contributed by atoms with Crippen molar-refractivity contribution >= 4 is 79.7 Å². The van der Waals surface area contributed by atoms with E-state index in [2.05, 4.69) is 31.0 Å². The zero-order valence-corrected chi connectivity index (χ0v) is 18.8. The smallest absolute Gasteiger partial charge is 0.264 e. The Labute approximate surface area is 194 Å². The van der Waals surface area contributed by atoms with Gasteiger partial charge in [-0.2, -0.15) is 5.10 Å². The summed E-state index contributed by atoms with van der Waals surface area (Å²) < 4.78 is 2.20. The third kappa shape index (κ3) is 5.07. The van der Waals surface area contributed by atoms with Crippen LogP contribution in [0.5, 0.6) is 0 Å². The number of nitrogens with one attached hydrogen (secondary N) is 2. The van der Waals surface area contributed by atoms with Crippen LogP contribution in [-0.4, -0.2) is 37.7 Å². The van der Waals surface area contributed by atoms with Gasteiger partial charge in [0.2, 0.25) is 11.1 Å². The second-order valence-electron chi connectivity index (χ2n) is 6.01. The maximum Gasteiger partial charge on any atom is 0.264 e. The third-order valence-electron chi connectivity index (χ3n) is 3.89. The van der Waals surface area contributed by atoms with Crippen molar-refractivity contribution in [2.75, 3.05) is 22.3 Å². The molecule has 0 fully saturated rings. The number of carbonyl (C=O) groups excluding carboxylic acids is 1. The molecule has 0 saturated heterocycles. The molecule has 4 aromatic rings. The van der Waals surface area contributed by atoms with E-state index >= 15 is 0 Å². The molecule has 0 spiro atoms. The number of nitrogens with zero attached hydrogens (tertiary/aromatic N) is 5. The minimum absolute atomic E-state index is 0.0899. The van der Waals surface area contributed by atoms with Crippen LogP contribution in [0.1, 0.15) is 5.56 Å². The first-order valence-electron chi connectivity index (χ1n) is 8.73. The standard InChI is InChI=1S/C18H14Cl2N8OS2/c19-11-5-3-4-10(15(11)20)8-22-25-16-26-27-18(28(16)21)30-9-14(29)24-17-23-12-6-1-2-7-13(12)31-17/h1-8H,9,21H2,(H,25,26)(H,23,24,29)/b22-8+. The Morgan fingerprint density at radius 3 is 2.90 bits per heavy atom. The van der Waals surface area contributed by atoms with Gasteiger partial charge in [0, 0.05) is 5.56 Å². The largest absolute Gasteiger partial charge is 0.334 e. The van der Waals surface area contributed by atoms with Gasteiger partial charge in [-0.1, -0.05) is 70.6 Å². The average molecular weight is 493 g/mol. The number of hydrogen-bond donors (Lipinski definition) is 3. The van der Waals surface area contributed by atoms with Crippen LogP contribution in [0.25, 0.3) is 10.2 Å². The van der Waals surface area contributed by atoms with E-state index < -0.39 is 0 Å². The molecule has 0 aliphatic carbocycles. The fourth-order valence-corrected chi connectivity index (χ4v) is 4.34. The second-order valence-corrected chi connectivity index (χ2v) is 8.77. The first-order chi connectivity index (χ1) is 15.0. The van der Waals surface area contributed by atoms with Gasteiger partial charge in [-0.05, 0) is 18.2 Å². The predicted octanol–water partition coefficient (Wildman–Crippen LogP) is 4.09. The van der Waals surface area contributed by atoms with Gasteiger partial charge < -0.3 is 11.2 Å². The Morgan fingerprint density at radius 2 is 2.06 bits per heavy atom. The maximum absolute atomic E-state index is 12.2. The van der Waals surface area contributed by atoms with E-state index in [0.29, 0.717) is 25.9 Å². The summed E-state index contributed by atoms with van der Waals surface area (Å²) in [5.41, 5.74) is 4.15. The number of carbonyl (C=O) groups is 1. The maximum atomic E-state index is 12.2. The molecule has 31 heavy (non-hydrogen) atoms. The Morgan fingerprint density at radius 1 is 1.23 bits per heavy atom. The summed E-state index contributed by atoms with van der Waals surface area (Å²) in [6.07, 6.45) is 1.49. The van der Waals surface area contributed by atoms with Crippen LogP contribution < -0.4 is 16.6 Å². The van der Waals surface area contributed by atoms with Crippen molar-refractivity contribution in [1.82, 2.24) is 19.9 Å². The number of nitrogens with two attached hydrogens (primary N) is 1. The highest BCUT2D eigenvalue weighted by Gasteiger charge is 2.13. The van der Waals surface area contributed by atoms with Gasteiger partial charge in [-0.25, -0.2) is 15.1 Å². The zero-order chi connectivity index (χ0) is 21.8. The van der Waals surface area contributed by atoms with Crippen LogP contribution in [0, 0.1) is 0 Å². The molecule has 9 nitrogen and oxygen atoms in total. The minimum atomic E-state index is -0.227. The minimum Gasteiger partial charge on any atom is -0.334 e. The summed E-state index contributed by atoms with van der Waals surface area (Å²) in [5, 5.41) is 16.4. The molecule has 2 aromatic heterocycles. The Bertz CT molecular complexity index is 1240. The molecular formula is C18H14Cl2N8OS2. The van der Waals surface area contributed by atoms with Crippen molar-refractivity contribution in [1.29, 1.82) is 0 Å². The number of fused-ring (bicyclic) bond motifs is 1.